The van der Waals surface area contributed by atoms with Gasteiger partial charge in [-0.3, -0.25) is 11.3 Å². The van der Waals surface area contributed by atoms with Gasteiger partial charge in [0.25, 0.3) is 0 Å². The third-order valence-electron chi connectivity index (χ3n) is 3.00. The number of fused-ring (bicyclic) bond motifs is 1. The molecule has 7 heteroatoms. The molecule has 3 rings (SSSR count). The Hall–Kier alpha value is -0.590. The van der Waals surface area contributed by atoms with Gasteiger partial charge in [-0.2, -0.15) is 0 Å². The summed E-state index contributed by atoms with van der Waals surface area (Å²) in [5.74, 6) is 5.36. The quantitative estimate of drug-likeness (QED) is 0.602. The fraction of sp³-hybridized carbons (Fsp3) is 0.364. The predicted octanol–water partition coefficient (Wildman–Crippen LogP) is 2.55. The maximum absolute atomic E-state index is 5.36. The summed E-state index contributed by atoms with van der Waals surface area (Å²) in [7, 11) is 0. The first-order chi connectivity index (χ1) is 7.85. The minimum Gasteiger partial charge on any atom is -0.359 e. The van der Waals surface area contributed by atoms with Crippen molar-refractivity contribution in [2.75, 3.05) is 5.32 Å². The summed E-state index contributed by atoms with van der Waals surface area (Å²) in [4.78, 5) is 4.54. The molecular weight excluding hydrogens is 291 g/mol. The Morgan fingerprint density at radius 2 is 1.89 bits per heavy atom. The van der Waals surface area contributed by atoms with Crippen molar-refractivity contribution in [3.05, 3.63) is 24.3 Å². The SMILES string of the molecule is Cl.Cl.NNC1CC(Nc2nc3ccccc3s2)C1. The van der Waals surface area contributed by atoms with E-state index in [1.165, 1.54) is 4.70 Å². The van der Waals surface area contributed by atoms with Crippen LogP contribution in [0.4, 0.5) is 5.13 Å². The van der Waals surface area contributed by atoms with E-state index >= 15 is 0 Å². The van der Waals surface area contributed by atoms with Crippen molar-refractivity contribution in [3.63, 3.8) is 0 Å². The lowest BCUT2D eigenvalue weighted by Gasteiger charge is -2.34. The van der Waals surface area contributed by atoms with Gasteiger partial charge in [-0.15, -0.1) is 24.8 Å². The number of anilines is 1. The van der Waals surface area contributed by atoms with Gasteiger partial charge < -0.3 is 5.32 Å². The van der Waals surface area contributed by atoms with E-state index in [9.17, 15) is 0 Å². The highest BCUT2D eigenvalue weighted by Crippen LogP contribution is 2.29. The maximum atomic E-state index is 5.36. The molecule has 1 saturated carbocycles. The van der Waals surface area contributed by atoms with E-state index in [4.69, 9.17) is 5.84 Å². The molecule has 0 amide bonds. The topological polar surface area (TPSA) is 63.0 Å². The molecule has 0 radical (unpaired) electrons. The summed E-state index contributed by atoms with van der Waals surface area (Å²) in [6, 6.07) is 9.19. The normalized spacial score (nSPS) is 21.6. The number of nitrogens with one attached hydrogen (secondary N) is 2. The molecule has 18 heavy (non-hydrogen) atoms. The molecule has 2 aromatic rings. The lowest BCUT2D eigenvalue weighted by atomic mass is 9.87. The molecule has 100 valence electrons. The largest absolute Gasteiger partial charge is 0.359 e. The van der Waals surface area contributed by atoms with Gasteiger partial charge in [-0.05, 0) is 25.0 Å². The van der Waals surface area contributed by atoms with E-state index in [0.717, 1.165) is 23.5 Å². The minimum absolute atomic E-state index is 0. The van der Waals surface area contributed by atoms with Gasteiger partial charge in [-0.25, -0.2) is 4.98 Å². The third kappa shape index (κ3) is 3.05. The summed E-state index contributed by atoms with van der Waals surface area (Å²) in [6.45, 7) is 0. The van der Waals surface area contributed by atoms with Gasteiger partial charge in [0, 0.05) is 12.1 Å². The predicted molar refractivity (Wildman–Crippen MR) is 81.9 cm³/mol. The first kappa shape index (κ1) is 15.5. The molecule has 0 unspecified atom stereocenters. The van der Waals surface area contributed by atoms with Crippen molar-refractivity contribution in [1.29, 1.82) is 0 Å². The van der Waals surface area contributed by atoms with Crippen LogP contribution in [0.15, 0.2) is 24.3 Å². The molecule has 0 saturated heterocycles. The van der Waals surface area contributed by atoms with Crippen LogP contribution in [0.25, 0.3) is 10.2 Å². The molecule has 0 bridgehead atoms. The number of hydrazine groups is 1. The van der Waals surface area contributed by atoms with Crippen LogP contribution >= 0.6 is 36.2 Å². The second-order valence-corrected chi connectivity index (χ2v) is 5.19. The highest BCUT2D eigenvalue weighted by Gasteiger charge is 2.28. The lowest BCUT2D eigenvalue weighted by molar-refractivity contribution is 0.313. The maximum Gasteiger partial charge on any atom is 0.184 e. The van der Waals surface area contributed by atoms with Crippen LogP contribution in [-0.2, 0) is 0 Å². The number of aromatic nitrogens is 1. The minimum atomic E-state index is 0. The number of thiazole rings is 1. The zero-order chi connectivity index (χ0) is 11.0. The smallest absolute Gasteiger partial charge is 0.184 e. The number of hydrogen-bond donors (Lipinski definition) is 3. The average Bonchev–Trinajstić information content (AvgIpc) is 2.65. The molecule has 0 atom stereocenters. The van der Waals surface area contributed by atoms with Crippen LogP contribution in [0.3, 0.4) is 0 Å². The van der Waals surface area contributed by atoms with Gasteiger partial charge in [0.15, 0.2) is 5.13 Å². The van der Waals surface area contributed by atoms with E-state index < -0.39 is 0 Å². The van der Waals surface area contributed by atoms with Crippen LogP contribution in [0, 0.1) is 0 Å². The monoisotopic (exact) mass is 306 g/mol. The highest BCUT2D eigenvalue weighted by atomic mass is 35.5. The van der Waals surface area contributed by atoms with Crippen LogP contribution < -0.4 is 16.6 Å². The Morgan fingerprint density at radius 3 is 2.56 bits per heavy atom. The summed E-state index contributed by atoms with van der Waals surface area (Å²) in [6.07, 6.45) is 2.15. The van der Waals surface area contributed by atoms with E-state index in [0.29, 0.717) is 12.1 Å². The van der Waals surface area contributed by atoms with Gasteiger partial charge >= 0.3 is 0 Å². The van der Waals surface area contributed by atoms with Gasteiger partial charge in [-0.1, -0.05) is 23.5 Å². The van der Waals surface area contributed by atoms with Gasteiger partial charge in [0.05, 0.1) is 10.2 Å². The number of nitrogens with zero attached hydrogens (tertiary/aromatic N) is 1. The molecule has 1 aliphatic carbocycles. The fourth-order valence-electron chi connectivity index (χ4n) is 1.98. The highest BCUT2D eigenvalue weighted by molar-refractivity contribution is 7.22. The molecular formula is C11H16Cl2N4S. The zero-order valence-corrected chi connectivity index (χ0v) is 12.1. The summed E-state index contributed by atoms with van der Waals surface area (Å²) >= 11 is 1.71. The Bertz CT molecular complexity index is 466. The van der Waals surface area contributed by atoms with Crippen molar-refractivity contribution in [2.24, 2.45) is 5.84 Å². The lowest BCUT2D eigenvalue weighted by Crippen LogP contribution is -2.50. The molecule has 1 fully saturated rings. The van der Waals surface area contributed by atoms with Crippen molar-refractivity contribution in [1.82, 2.24) is 10.4 Å². The van der Waals surface area contributed by atoms with Crippen molar-refractivity contribution in [3.8, 4) is 0 Å². The van der Waals surface area contributed by atoms with Crippen molar-refractivity contribution < 1.29 is 0 Å². The fourth-order valence-corrected chi connectivity index (χ4v) is 2.92. The molecule has 0 spiro atoms. The average molecular weight is 307 g/mol. The van der Waals surface area contributed by atoms with E-state index in [2.05, 4.69) is 21.8 Å². The Balaban J connectivity index is 0.000000810. The standard InChI is InChI=1S/C11H14N4S.2ClH/c12-15-8-5-7(6-8)13-11-14-9-3-1-2-4-10(9)16-11;;/h1-4,7-8,15H,5-6,12H2,(H,13,14);2*1H. The molecule has 1 aliphatic rings. The first-order valence-corrected chi connectivity index (χ1v) is 6.25. The number of rotatable bonds is 3. The van der Waals surface area contributed by atoms with E-state index in [1.54, 1.807) is 11.3 Å². The summed E-state index contributed by atoms with van der Waals surface area (Å²) in [5, 5.41) is 4.46. The van der Waals surface area contributed by atoms with Gasteiger partial charge in [0.2, 0.25) is 0 Å². The molecule has 4 N–H and O–H groups in total. The number of benzene rings is 1. The number of hydrogen-bond acceptors (Lipinski definition) is 5. The number of nitrogens with two attached hydrogens (primary N) is 1. The molecule has 1 aromatic heterocycles. The molecule has 0 aliphatic heterocycles. The van der Waals surface area contributed by atoms with Crippen molar-refractivity contribution >= 4 is 51.5 Å². The second kappa shape index (κ2) is 6.54. The van der Waals surface area contributed by atoms with Crippen LogP contribution in [0.2, 0.25) is 0 Å². The summed E-state index contributed by atoms with van der Waals surface area (Å²) < 4.78 is 1.23. The van der Waals surface area contributed by atoms with E-state index in [1.807, 2.05) is 18.2 Å². The second-order valence-electron chi connectivity index (χ2n) is 4.16. The third-order valence-corrected chi connectivity index (χ3v) is 3.96. The Labute approximate surface area is 122 Å². The molecule has 1 heterocycles. The Morgan fingerprint density at radius 1 is 1.17 bits per heavy atom. The summed E-state index contributed by atoms with van der Waals surface area (Å²) in [5.41, 5.74) is 3.86. The van der Waals surface area contributed by atoms with Crippen LogP contribution in [0.5, 0.6) is 0 Å². The molecule has 4 nitrogen and oxygen atoms in total. The number of halogens is 2. The first-order valence-electron chi connectivity index (χ1n) is 5.43. The van der Waals surface area contributed by atoms with E-state index in [-0.39, 0.29) is 24.8 Å². The van der Waals surface area contributed by atoms with Crippen LogP contribution in [0.1, 0.15) is 12.8 Å². The molecule has 1 aromatic carbocycles. The Kier molecular flexibility index (Phi) is 5.62. The van der Waals surface area contributed by atoms with Crippen LogP contribution in [-0.4, -0.2) is 17.1 Å². The van der Waals surface area contributed by atoms with Gasteiger partial charge in [0.1, 0.15) is 0 Å². The van der Waals surface area contributed by atoms with Crippen molar-refractivity contribution in [2.45, 2.75) is 24.9 Å². The zero-order valence-electron chi connectivity index (χ0n) is 9.63. The number of para-hydroxylation sites is 1.